The third-order valence-corrected chi connectivity index (χ3v) is 6.71. The molecule has 0 bridgehead atoms. The lowest BCUT2D eigenvalue weighted by atomic mass is 10.1. The van der Waals surface area contributed by atoms with Crippen molar-refractivity contribution in [2.45, 2.75) is 20.3 Å². The quantitative estimate of drug-likeness (QED) is 0.558. The Morgan fingerprint density at radius 3 is 2.71 bits per heavy atom. The molecule has 0 spiro atoms. The SMILES string of the molecule is Cc1ccc2sc(N(CCCN3CCOCC3)C(=O)c3ccc(F)cc3F)nc2c1C. The number of carbonyl (C=O) groups is 1. The van der Waals surface area contributed by atoms with E-state index >= 15 is 0 Å². The minimum atomic E-state index is -0.865. The Kier molecular flexibility index (Phi) is 6.60. The van der Waals surface area contributed by atoms with Crippen molar-refractivity contribution in [2.24, 2.45) is 0 Å². The zero-order valence-electron chi connectivity index (χ0n) is 17.7. The van der Waals surface area contributed by atoms with E-state index in [9.17, 15) is 13.6 Å². The summed E-state index contributed by atoms with van der Waals surface area (Å²) in [5, 5.41) is 0.527. The first-order chi connectivity index (χ1) is 14.9. The number of hydrogen-bond acceptors (Lipinski definition) is 5. The fourth-order valence-corrected chi connectivity index (χ4v) is 4.75. The number of morpholine rings is 1. The average Bonchev–Trinajstić information content (AvgIpc) is 3.19. The maximum absolute atomic E-state index is 14.4. The molecule has 1 fully saturated rings. The van der Waals surface area contributed by atoms with E-state index in [1.807, 2.05) is 26.0 Å². The van der Waals surface area contributed by atoms with Crippen LogP contribution in [0.15, 0.2) is 30.3 Å². The molecule has 0 saturated carbocycles. The minimum absolute atomic E-state index is 0.153. The third-order valence-electron chi connectivity index (χ3n) is 5.67. The highest BCUT2D eigenvalue weighted by atomic mass is 32.1. The molecule has 8 heteroatoms. The molecule has 2 aromatic carbocycles. The summed E-state index contributed by atoms with van der Waals surface area (Å²) in [5.41, 5.74) is 2.89. The largest absolute Gasteiger partial charge is 0.379 e. The van der Waals surface area contributed by atoms with Gasteiger partial charge in [-0.15, -0.1) is 0 Å². The van der Waals surface area contributed by atoms with Gasteiger partial charge in [-0.3, -0.25) is 14.6 Å². The molecule has 1 amide bonds. The number of rotatable bonds is 6. The van der Waals surface area contributed by atoms with Crippen molar-refractivity contribution in [3.05, 3.63) is 58.7 Å². The maximum atomic E-state index is 14.4. The summed E-state index contributed by atoms with van der Waals surface area (Å²) in [7, 11) is 0. The number of halogens is 2. The predicted molar refractivity (Wildman–Crippen MR) is 119 cm³/mol. The van der Waals surface area contributed by atoms with Gasteiger partial charge in [-0.2, -0.15) is 0 Å². The number of benzene rings is 2. The molecule has 1 aliphatic rings. The summed E-state index contributed by atoms with van der Waals surface area (Å²) in [6.07, 6.45) is 0.711. The molecule has 5 nitrogen and oxygen atoms in total. The van der Waals surface area contributed by atoms with Crippen LogP contribution in [0, 0.1) is 25.5 Å². The summed E-state index contributed by atoms with van der Waals surface area (Å²) in [4.78, 5) is 21.8. The summed E-state index contributed by atoms with van der Waals surface area (Å²) in [6.45, 7) is 8.37. The Bertz CT molecular complexity index is 1100. The van der Waals surface area contributed by atoms with Gasteiger partial charge in [-0.05, 0) is 49.6 Å². The van der Waals surface area contributed by atoms with E-state index in [0.717, 1.165) is 53.1 Å². The van der Waals surface area contributed by atoms with E-state index < -0.39 is 17.5 Å². The van der Waals surface area contributed by atoms with Crippen LogP contribution in [-0.2, 0) is 4.74 Å². The number of aromatic nitrogens is 1. The van der Waals surface area contributed by atoms with Crippen LogP contribution in [0.1, 0.15) is 27.9 Å². The standard InChI is InChI=1S/C23H25F2N3O2S/c1-15-4-7-20-21(16(15)2)26-23(31-20)28(9-3-8-27-10-12-30-13-11-27)22(29)18-6-5-17(24)14-19(18)25/h4-7,14H,3,8-13H2,1-2H3. The Morgan fingerprint density at radius 1 is 1.19 bits per heavy atom. The lowest BCUT2D eigenvalue weighted by molar-refractivity contribution is 0.0376. The molecule has 164 valence electrons. The fraction of sp³-hybridized carbons (Fsp3) is 0.391. The van der Waals surface area contributed by atoms with Crippen LogP contribution in [0.25, 0.3) is 10.2 Å². The first-order valence-corrected chi connectivity index (χ1v) is 11.2. The lowest BCUT2D eigenvalue weighted by Crippen LogP contribution is -2.39. The van der Waals surface area contributed by atoms with Crippen molar-refractivity contribution in [3.8, 4) is 0 Å². The van der Waals surface area contributed by atoms with Gasteiger partial charge in [0.25, 0.3) is 5.91 Å². The van der Waals surface area contributed by atoms with E-state index in [1.54, 1.807) is 0 Å². The molecule has 1 saturated heterocycles. The summed E-state index contributed by atoms with van der Waals surface area (Å²) < 4.78 is 34.1. The van der Waals surface area contributed by atoms with Crippen molar-refractivity contribution in [1.82, 2.24) is 9.88 Å². The Morgan fingerprint density at radius 2 is 1.97 bits per heavy atom. The van der Waals surface area contributed by atoms with Gasteiger partial charge in [0.1, 0.15) is 11.6 Å². The molecule has 3 aromatic rings. The van der Waals surface area contributed by atoms with Crippen molar-refractivity contribution in [1.29, 1.82) is 0 Å². The van der Waals surface area contributed by atoms with Crippen molar-refractivity contribution in [3.63, 3.8) is 0 Å². The monoisotopic (exact) mass is 445 g/mol. The molecule has 1 aromatic heterocycles. The number of hydrogen-bond donors (Lipinski definition) is 0. The first kappa shape index (κ1) is 21.8. The van der Waals surface area contributed by atoms with Gasteiger partial charge >= 0.3 is 0 Å². The van der Waals surface area contributed by atoms with Crippen LogP contribution < -0.4 is 4.90 Å². The first-order valence-electron chi connectivity index (χ1n) is 10.4. The van der Waals surface area contributed by atoms with Crippen LogP contribution in [0.2, 0.25) is 0 Å². The van der Waals surface area contributed by atoms with Gasteiger partial charge in [-0.25, -0.2) is 13.8 Å². The molecule has 0 aliphatic carbocycles. The predicted octanol–water partition coefficient (Wildman–Crippen LogP) is 4.56. The topological polar surface area (TPSA) is 45.7 Å². The van der Waals surface area contributed by atoms with Gasteiger partial charge in [0.15, 0.2) is 5.13 Å². The molecular formula is C23H25F2N3O2S. The van der Waals surface area contributed by atoms with Gasteiger partial charge in [0.2, 0.25) is 0 Å². The molecule has 0 unspecified atom stereocenters. The van der Waals surface area contributed by atoms with Crippen LogP contribution in [0.3, 0.4) is 0 Å². The Labute approximate surface area is 184 Å². The van der Waals surface area contributed by atoms with E-state index in [0.29, 0.717) is 31.3 Å². The lowest BCUT2D eigenvalue weighted by Gasteiger charge is -2.27. The summed E-state index contributed by atoms with van der Waals surface area (Å²) in [5.74, 6) is -2.08. The summed E-state index contributed by atoms with van der Waals surface area (Å²) >= 11 is 1.41. The Balaban J connectivity index is 1.63. The van der Waals surface area contributed by atoms with E-state index in [1.165, 1.54) is 22.3 Å². The normalized spacial score (nSPS) is 14.8. The highest BCUT2D eigenvalue weighted by Crippen LogP contribution is 2.33. The second-order valence-corrected chi connectivity index (χ2v) is 8.75. The minimum Gasteiger partial charge on any atom is -0.379 e. The van der Waals surface area contributed by atoms with Crippen LogP contribution in [0.4, 0.5) is 13.9 Å². The average molecular weight is 446 g/mol. The van der Waals surface area contributed by atoms with Gasteiger partial charge in [-0.1, -0.05) is 17.4 Å². The smallest absolute Gasteiger partial charge is 0.263 e. The van der Waals surface area contributed by atoms with Crippen molar-refractivity contribution in [2.75, 3.05) is 44.3 Å². The van der Waals surface area contributed by atoms with E-state index in [4.69, 9.17) is 9.72 Å². The highest BCUT2D eigenvalue weighted by molar-refractivity contribution is 7.22. The second kappa shape index (κ2) is 9.38. The van der Waals surface area contributed by atoms with Gasteiger partial charge in [0.05, 0.1) is 29.0 Å². The number of ether oxygens (including phenoxy) is 1. The zero-order chi connectivity index (χ0) is 22.0. The number of aryl methyl sites for hydroxylation is 2. The van der Waals surface area contributed by atoms with Crippen molar-refractivity contribution >= 4 is 32.6 Å². The molecule has 0 radical (unpaired) electrons. The summed E-state index contributed by atoms with van der Waals surface area (Å²) in [6, 6.07) is 7.07. The van der Waals surface area contributed by atoms with E-state index in [-0.39, 0.29) is 5.56 Å². The molecular weight excluding hydrogens is 420 g/mol. The number of amides is 1. The highest BCUT2D eigenvalue weighted by Gasteiger charge is 2.25. The fourth-order valence-electron chi connectivity index (χ4n) is 3.70. The Hall–Kier alpha value is -2.42. The zero-order valence-corrected chi connectivity index (χ0v) is 18.5. The number of thiazole rings is 1. The number of carbonyl (C=O) groups excluding carboxylic acids is 1. The number of nitrogens with zero attached hydrogens (tertiary/aromatic N) is 3. The number of anilines is 1. The second-order valence-electron chi connectivity index (χ2n) is 7.74. The number of fused-ring (bicyclic) bond motifs is 1. The van der Waals surface area contributed by atoms with Gasteiger partial charge in [0, 0.05) is 32.2 Å². The molecule has 1 aliphatic heterocycles. The van der Waals surface area contributed by atoms with Gasteiger partial charge < -0.3 is 4.74 Å². The molecule has 0 atom stereocenters. The van der Waals surface area contributed by atoms with Crippen molar-refractivity contribution < 1.29 is 18.3 Å². The molecule has 2 heterocycles. The van der Waals surface area contributed by atoms with Crippen LogP contribution >= 0.6 is 11.3 Å². The molecule has 0 N–H and O–H groups in total. The maximum Gasteiger partial charge on any atom is 0.263 e. The van der Waals surface area contributed by atoms with E-state index in [2.05, 4.69) is 4.90 Å². The molecule has 31 heavy (non-hydrogen) atoms. The van der Waals surface area contributed by atoms with Crippen LogP contribution in [-0.4, -0.2) is 55.2 Å². The molecule has 4 rings (SSSR count). The van der Waals surface area contributed by atoms with Crippen LogP contribution in [0.5, 0.6) is 0 Å². The third kappa shape index (κ3) is 4.76.